The molecule has 0 saturated carbocycles. The number of hydrogen-bond acceptors (Lipinski definition) is 3. The molecule has 0 radical (unpaired) electrons. The maximum absolute atomic E-state index is 12.1. The predicted octanol–water partition coefficient (Wildman–Crippen LogP) is 1.98. The van der Waals surface area contributed by atoms with Crippen LogP contribution in [0, 0.1) is 6.92 Å². The first-order valence-corrected chi connectivity index (χ1v) is 6.22. The molecule has 1 aromatic carbocycles. The maximum atomic E-state index is 12.1. The average Bonchev–Trinajstić information content (AvgIpc) is 3.01. The summed E-state index contributed by atoms with van der Waals surface area (Å²) in [6.07, 6.45) is 3.75. The predicted molar refractivity (Wildman–Crippen MR) is 77.7 cm³/mol. The summed E-state index contributed by atoms with van der Waals surface area (Å²) in [4.78, 5) is 12.1. The molecule has 1 amide bonds. The Hall–Kier alpha value is -1.59. The number of aryl methyl sites for hydroxylation is 1. The molecule has 2 heterocycles. The summed E-state index contributed by atoms with van der Waals surface area (Å²) < 4.78 is 0. The van der Waals surface area contributed by atoms with Crippen LogP contribution in [-0.2, 0) is 4.79 Å². The molecule has 102 valence electrons. The minimum Gasteiger partial charge on any atom is -0.323 e. The molecule has 1 aromatic heterocycles. The number of fused-ring (bicyclic) bond motifs is 1. The molecule has 1 aliphatic rings. The van der Waals surface area contributed by atoms with E-state index in [-0.39, 0.29) is 24.4 Å². The van der Waals surface area contributed by atoms with Gasteiger partial charge >= 0.3 is 0 Å². The van der Waals surface area contributed by atoms with Crippen LogP contribution in [0.15, 0.2) is 18.3 Å². The van der Waals surface area contributed by atoms with E-state index < -0.39 is 0 Å². The van der Waals surface area contributed by atoms with E-state index in [0.717, 1.165) is 41.5 Å². The Labute approximate surface area is 117 Å². The number of aromatic nitrogens is 2. The molecular weight excluding hydrogens is 264 g/mol. The second-order valence-electron chi connectivity index (χ2n) is 4.73. The number of halogens is 1. The lowest BCUT2D eigenvalue weighted by Gasteiger charge is -2.12. The van der Waals surface area contributed by atoms with Crippen molar-refractivity contribution in [2.75, 3.05) is 11.9 Å². The van der Waals surface area contributed by atoms with Crippen molar-refractivity contribution in [1.82, 2.24) is 15.5 Å². The summed E-state index contributed by atoms with van der Waals surface area (Å²) in [5.74, 6) is 0.0345. The molecule has 0 spiro atoms. The highest BCUT2D eigenvalue weighted by Gasteiger charge is 2.22. The standard InChI is InChI=1S/C13H16N4O.ClH/c1-8-4-5-10(12-9(8)7-15-17-12)16-13(18)11-3-2-6-14-11;/h4-5,7,11,14H,2-3,6H2,1H3,(H,15,17)(H,16,18);1H. The fourth-order valence-electron chi connectivity index (χ4n) is 2.40. The van der Waals surface area contributed by atoms with Gasteiger partial charge in [-0.05, 0) is 37.9 Å². The summed E-state index contributed by atoms with van der Waals surface area (Å²) in [6.45, 7) is 2.95. The van der Waals surface area contributed by atoms with Crippen LogP contribution in [-0.4, -0.2) is 28.7 Å². The van der Waals surface area contributed by atoms with E-state index in [1.807, 2.05) is 19.1 Å². The van der Waals surface area contributed by atoms with Gasteiger partial charge in [-0.1, -0.05) is 6.07 Å². The number of rotatable bonds is 2. The van der Waals surface area contributed by atoms with Crippen molar-refractivity contribution in [3.63, 3.8) is 0 Å². The van der Waals surface area contributed by atoms with E-state index in [0.29, 0.717) is 0 Å². The van der Waals surface area contributed by atoms with Crippen LogP contribution in [0.25, 0.3) is 10.9 Å². The van der Waals surface area contributed by atoms with Gasteiger partial charge < -0.3 is 10.6 Å². The molecule has 0 aliphatic carbocycles. The number of amides is 1. The number of nitrogens with zero attached hydrogens (tertiary/aromatic N) is 1. The summed E-state index contributed by atoms with van der Waals surface area (Å²) in [7, 11) is 0. The number of anilines is 1. The monoisotopic (exact) mass is 280 g/mol. The van der Waals surface area contributed by atoms with Crippen LogP contribution >= 0.6 is 12.4 Å². The Balaban J connectivity index is 0.00000133. The number of carbonyl (C=O) groups is 1. The van der Waals surface area contributed by atoms with E-state index in [4.69, 9.17) is 0 Å². The van der Waals surface area contributed by atoms with Crippen LogP contribution in [0.4, 0.5) is 5.69 Å². The Morgan fingerprint density at radius 1 is 1.47 bits per heavy atom. The van der Waals surface area contributed by atoms with Gasteiger partial charge in [0, 0.05) is 5.39 Å². The quantitative estimate of drug-likeness (QED) is 0.788. The number of aromatic amines is 1. The molecule has 5 nitrogen and oxygen atoms in total. The van der Waals surface area contributed by atoms with Gasteiger partial charge in [-0.3, -0.25) is 9.89 Å². The van der Waals surface area contributed by atoms with Gasteiger partial charge in [-0.25, -0.2) is 0 Å². The van der Waals surface area contributed by atoms with Crippen LogP contribution in [0.5, 0.6) is 0 Å². The second-order valence-corrected chi connectivity index (χ2v) is 4.73. The molecule has 1 unspecified atom stereocenters. The van der Waals surface area contributed by atoms with Crippen molar-refractivity contribution < 1.29 is 4.79 Å². The smallest absolute Gasteiger partial charge is 0.241 e. The van der Waals surface area contributed by atoms with E-state index in [1.165, 1.54) is 0 Å². The third-order valence-electron chi connectivity index (χ3n) is 3.47. The van der Waals surface area contributed by atoms with Gasteiger partial charge in [0.25, 0.3) is 0 Å². The van der Waals surface area contributed by atoms with Crippen LogP contribution < -0.4 is 10.6 Å². The lowest BCUT2D eigenvalue weighted by atomic mass is 10.1. The Morgan fingerprint density at radius 2 is 2.32 bits per heavy atom. The topological polar surface area (TPSA) is 69.8 Å². The van der Waals surface area contributed by atoms with Crippen molar-refractivity contribution in [2.45, 2.75) is 25.8 Å². The molecule has 1 saturated heterocycles. The molecule has 0 bridgehead atoms. The van der Waals surface area contributed by atoms with Crippen LogP contribution in [0.2, 0.25) is 0 Å². The van der Waals surface area contributed by atoms with E-state index in [2.05, 4.69) is 20.8 Å². The number of carbonyl (C=O) groups excluding carboxylic acids is 1. The van der Waals surface area contributed by atoms with Gasteiger partial charge in [0.1, 0.15) is 0 Å². The molecule has 3 rings (SSSR count). The highest BCUT2D eigenvalue weighted by molar-refractivity contribution is 6.03. The number of hydrogen-bond donors (Lipinski definition) is 3. The summed E-state index contributed by atoms with van der Waals surface area (Å²) in [6, 6.07) is 3.85. The second kappa shape index (κ2) is 5.59. The van der Waals surface area contributed by atoms with Crippen molar-refractivity contribution in [2.24, 2.45) is 0 Å². The minimum atomic E-state index is -0.0655. The first kappa shape index (κ1) is 13.8. The Morgan fingerprint density at radius 3 is 3.05 bits per heavy atom. The van der Waals surface area contributed by atoms with E-state index >= 15 is 0 Å². The van der Waals surface area contributed by atoms with Crippen molar-refractivity contribution >= 4 is 34.9 Å². The van der Waals surface area contributed by atoms with Gasteiger partial charge in [-0.15, -0.1) is 12.4 Å². The Kier molecular flexibility index (Phi) is 4.07. The van der Waals surface area contributed by atoms with Gasteiger partial charge in [0.05, 0.1) is 23.4 Å². The SMILES string of the molecule is Cc1ccc(NC(=O)C2CCCN2)c2[nH]ncc12.Cl. The third kappa shape index (κ3) is 2.57. The molecule has 1 aliphatic heterocycles. The molecule has 19 heavy (non-hydrogen) atoms. The highest BCUT2D eigenvalue weighted by Crippen LogP contribution is 2.24. The zero-order valence-corrected chi connectivity index (χ0v) is 11.5. The summed E-state index contributed by atoms with van der Waals surface area (Å²) in [5, 5.41) is 14.2. The molecule has 1 fully saturated rings. The lowest BCUT2D eigenvalue weighted by molar-refractivity contribution is -0.117. The zero-order chi connectivity index (χ0) is 12.5. The fourth-order valence-corrected chi connectivity index (χ4v) is 2.40. The van der Waals surface area contributed by atoms with Crippen molar-refractivity contribution in [3.05, 3.63) is 23.9 Å². The molecule has 1 atom stereocenters. The summed E-state index contributed by atoms with van der Waals surface area (Å²) in [5.41, 5.74) is 2.84. The van der Waals surface area contributed by atoms with Gasteiger partial charge in [-0.2, -0.15) is 5.10 Å². The van der Waals surface area contributed by atoms with Crippen molar-refractivity contribution in [1.29, 1.82) is 0 Å². The maximum Gasteiger partial charge on any atom is 0.241 e. The van der Waals surface area contributed by atoms with Gasteiger partial charge in [0.2, 0.25) is 5.91 Å². The van der Waals surface area contributed by atoms with Crippen molar-refractivity contribution in [3.8, 4) is 0 Å². The first-order valence-electron chi connectivity index (χ1n) is 6.22. The normalized spacial score (nSPS) is 18.3. The largest absolute Gasteiger partial charge is 0.323 e. The third-order valence-corrected chi connectivity index (χ3v) is 3.47. The molecule has 6 heteroatoms. The highest BCUT2D eigenvalue weighted by atomic mass is 35.5. The number of nitrogens with one attached hydrogen (secondary N) is 3. The van der Waals surface area contributed by atoms with E-state index in [9.17, 15) is 4.79 Å². The number of H-pyrrole nitrogens is 1. The lowest BCUT2D eigenvalue weighted by Crippen LogP contribution is -2.35. The molecule has 3 N–H and O–H groups in total. The van der Waals surface area contributed by atoms with Crippen LogP contribution in [0.1, 0.15) is 18.4 Å². The average molecular weight is 281 g/mol. The molecular formula is C13H17ClN4O. The number of benzene rings is 1. The Bertz CT molecular complexity index is 589. The zero-order valence-electron chi connectivity index (χ0n) is 10.7. The summed E-state index contributed by atoms with van der Waals surface area (Å²) >= 11 is 0. The van der Waals surface area contributed by atoms with Gasteiger partial charge in [0.15, 0.2) is 0 Å². The molecule has 2 aromatic rings. The van der Waals surface area contributed by atoms with E-state index in [1.54, 1.807) is 6.20 Å². The first-order chi connectivity index (χ1) is 8.75. The minimum absolute atomic E-state index is 0. The van der Waals surface area contributed by atoms with Crippen LogP contribution in [0.3, 0.4) is 0 Å². The fraction of sp³-hybridized carbons (Fsp3) is 0.385.